The van der Waals surface area contributed by atoms with Crippen molar-refractivity contribution in [2.75, 3.05) is 26.4 Å². The Morgan fingerprint density at radius 1 is 1.44 bits per heavy atom. The Morgan fingerprint density at radius 3 is 2.50 bits per heavy atom. The summed E-state index contributed by atoms with van der Waals surface area (Å²) in [6.07, 6.45) is 0.656. The summed E-state index contributed by atoms with van der Waals surface area (Å²) in [6, 6.07) is 0. The summed E-state index contributed by atoms with van der Waals surface area (Å²) in [6.45, 7) is 1.86. The Balaban J connectivity index is 2.79. The first-order chi connectivity index (χ1) is 8.38. The summed E-state index contributed by atoms with van der Waals surface area (Å²) in [5.74, 6) is -0.572. The zero-order chi connectivity index (χ0) is 13.9. The van der Waals surface area contributed by atoms with Gasteiger partial charge in [-0.2, -0.15) is 5.10 Å². The molecule has 18 heavy (non-hydrogen) atoms. The van der Waals surface area contributed by atoms with Crippen LogP contribution in [0.4, 0.5) is 5.69 Å². The van der Waals surface area contributed by atoms with Gasteiger partial charge in [-0.05, 0) is 6.42 Å². The van der Waals surface area contributed by atoms with Gasteiger partial charge in [0.15, 0.2) is 0 Å². The lowest BCUT2D eigenvalue weighted by molar-refractivity contribution is -0.127. The van der Waals surface area contributed by atoms with Crippen LogP contribution < -0.4 is 11.1 Å². The maximum Gasteiger partial charge on any atom is 0.272 e. The average molecular weight is 253 g/mol. The topological polar surface area (TPSA) is 93.2 Å². The third-order valence-corrected chi connectivity index (χ3v) is 2.61. The summed E-state index contributed by atoms with van der Waals surface area (Å²) >= 11 is 0. The zero-order valence-electron chi connectivity index (χ0n) is 11.1. The van der Waals surface area contributed by atoms with Crippen molar-refractivity contribution < 1.29 is 9.59 Å². The molecule has 0 aliphatic rings. The number of anilines is 1. The average Bonchev–Trinajstić information content (AvgIpc) is 2.60. The molecule has 0 fully saturated rings. The molecular formula is C11H19N5O2. The lowest BCUT2D eigenvalue weighted by Gasteiger charge is -2.11. The zero-order valence-corrected chi connectivity index (χ0v) is 11.1. The predicted molar refractivity (Wildman–Crippen MR) is 68.0 cm³/mol. The molecule has 0 aromatic carbocycles. The molecule has 7 nitrogen and oxygen atoms in total. The van der Waals surface area contributed by atoms with E-state index in [1.54, 1.807) is 21.1 Å². The monoisotopic (exact) mass is 253 g/mol. The van der Waals surface area contributed by atoms with E-state index in [2.05, 4.69) is 10.4 Å². The van der Waals surface area contributed by atoms with Gasteiger partial charge >= 0.3 is 0 Å². The summed E-state index contributed by atoms with van der Waals surface area (Å²) in [4.78, 5) is 24.7. The molecule has 1 heterocycles. The van der Waals surface area contributed by atoms with E-state index in [9.17, 15) is 9.59 Å². The number of aryl methyl sites for hydroxylation is 2. The van der Waals surface area contributed by atoms with Crippen molar-refractivity contribution in [2.24, 2.45) is 7.05 Å². The van der Waals surface area contributed by atoms with Crippen LogP contribution in [0.15, 0.2) is 0 Å². The van der Waals surface area contributed by atoms with Gasteiger partial charge in [-0.15, -0.1) is 0 Å². The fourth-order valence-corrected chi connectivity index (χ4v) is 1.52. The van der Waals surface area contributed by atoms with Crippen molar-refractivity contribution in [3.8, 4) is 0 Å². The van der Waals surface area contributed by atoms with E-state index in [-0.39, 0.29) is 12.5 Å². The van der Waals surface area contributed by atoms with Crippen molar-refractivity contribution in [1.82, 2.24) is 20.0 Å². The highest BCUT2D eigenvalue weighted by Crippen LogP contribution is 2.16. The number of carbonyl (C=O) groups is 2. The largest absolute Gasteiger partial charge is 0.395 e. The summed E-state index contributed by atoms with van der Waals surface area (Å²) in [7, 11) is 4.91. The molecule has 100 valence electrons. The van der Waals surface area contributed by atoms with Gasteiger partial charge in [0.25, 0.3) is 5.91 Å². The first kappa shape index (κ1) is 14.0. The number of hydrogen-bond acceptors (Lipinski definition) is 4. The molecule has 1 aromatic rings. The van der Waals surface area contributed by atoms with Crippen molar-refractivity contribution in [3.05, 3.63) is 11.4 Å². The molecule has 0 saturated heterocycles. The van der Waals surface area contributed by atoms with Gasteiger partial charge in [0.1, 0.15) is 5.69 Å². The van der Waals surface area contributed by atoms with Crippen LogP contribution >= 0.6 is 0 Å². The van der Waals surface area contributed by atoms with E-state index < -0.39 is 5.91 Å². The van der Waals surface area contributed by atoms with Gasteiger partial charge in [0, 0.05) is 21.1 Å². The van der Waals surface area contributed by atoms with Crippen LogP contribution in [0.3, 0.4) is 0 Å². The van der Waals surface area contributed by atoms with Crippen LogP contribution in [0.25, 0.3) is 0 Å². The van der Waals surface area contributed by atoms with Crippen LogP contribution in [0, 0.1) is 0 Å². The molecule has 0 atom stereocenters. The van der Waals surface area contributed by atoms with Crippen LogP contribution in [-0.4, -0.2) is 47.1 Å². The van der Waals surface area contributed by atoms with E-state index in [0.717, 1.165) is 0 Å². The lowest BCUT2D eigenvalue weighted by Crippen LogP contribution is -2.37. The molecule has 0 bridgehead atoms. The van der Waals surface area contributed by atoms with Crippen molar-refractivity contribution in [3.63, 3.8) is 0 Å². The summed E-state index contributed by atoms with van der Waals surface area (Å²) < 4.78 is 1.43. The molecule has 0 aliphatic carbocycles. The standard InChI is InChI=1S/C11H19N5O2/c1-5-7-9(12)10(16(4)14-7)11(18)13-6-8(17)15(2)3/h5-6,12H2,1-4H3,(H,13,18). The smallest absolute Gasteiger partial charge is 0.272 e. The molecule has 3 N–H and O–H groups in total. The number of carbonyl (C=O) groups excluding carboxylic acids is 2. The minimum absolute atomic E-state index is 0.0576. The summed E-state index contributed by atoms with van der Waals surface area (Å²) in [5, 5.41) is 6.68. The highest BCUT2D eigenvalue weighted by molar-refractivity contribution is 5.99. The van der Waals surface area contributed by atoms with Gasteiger partial charge in [-0.3, -0.25) is 14.3 Å². The van der Waals surface area contributed by atoms with Gasteiger partial charge in [0.2, 0.25) is 5.91 Å². The number of amides is 2. The van der Waals surface area contributed by atoms with Crippen LogP contribution in [0.1, 0.15) is 23.1 Å². The van der Waals surface area contributed by atoms with Gasteiger partial charge < -0.3 is 16.0 Å². The minimum atomic E-state index is -0.391. The minimum Gasteiger partial charge on any atom is -0.395 e. The van der Waals surface area contributed by atoms with Gasteiger partial charge in [-0.1, -0.05) is 6.92 Å². The Bertz CT molecular complexity index is 464. The Morgan fingerprint density at radius 2 is 2.06 bits per heavy atom. The number of nitrogens with two attached hydrogens (primary N) is 1. The first-order valence-corrected chi connectivity index (χ1v) is 5.68. The number of nitrogen functional groups attached to an aromatic ring is 1. The summed E-state index contributed by atoms with van der Waals surface area (Å²) in [5.41, 5.74) is 7.18. The SMILES string of the molecule is CCc1nn(C)c(C(=O)NCC(=O)N(C)C)c1N. The number of nitrogens with zero attached hydrogens (tertiary/aromatic N) is 3. The van der Waals surface area contributed by atoms with E-state index in [4.69, 9.17) is 5.73 Å². The molecule has 0 unspecified atom stereocenters. The van der Waals surface area contributed by atoms with Crippen molar-refractivity contribution in [2.45, 2.75) is 13.3 Å². The molecule has 2 amide bonds. The first-order valence-electron chi connectivity index (χ1n) is 5.68. The molecule has 0 saturated carbocycles. The third-order valence-electron chi connectivity index (χ3n) is 2.61. The van der Waals surface area contributed by atoms with Crippen molar-refractivity contribution >= 4 is 17.5 Å². The Labute approximate surface area is 106 Å². The Hall–Kier alpha value is -2.05. The maximum absolute atomic E-state index is 11.9. The van der Waals surface area contributed by atoms with E-state index in [0.29, 0.717) is 23.5 Å². The van der Waals surface area contributed by atoms with Crippen LogP contribution in [-0.2, 0) is 18.3 Å². The molecule has 1 aromatic heterocycles. The van der Waals surface area contributed by atoms with E-state index >= 15 is 0 Å². The normalized spacial score (nSPS) is 10.2. The van der Waals surface area contributed by atoms with Crippen molar-refractivity contribution in [1.29, 1.82) is 0 Å². The molecule has 0 spiro atoms. The molecule has 0 aliphatic heterocycles. The highest BCUT2D eigenvalue weighted by atomic mass is 16.2. The number of hydrogen-bond donors (Lipinski definition) is 2. The number of nitrogens with one attached hydrogen (secondary N) is 1. The Kier molecular flexibility index (Phi) is 4.30. The van der Waals surface area contributed by atoms with Gasteiger partial charge in [-0.25, -0.2) is 0 Å². The second kappa shape index (κ2) is 5.52. The highest BCUT2D eigenvalue weighted by Gasteiger charge is 2.19. The van der Waals surface area contributed by atoms with E-state index in [1.165, 1.54) is 9.58 Å². The maximum atomic E-state index is 11.9. The second-order valence-corrected chi connectivity index (χ2v) is 4.16. The van der Waals surface area contributed by atoms with Crippen LogP contribution in [0.5, 0.6) is 0 Å². The number of aromatic nitrogens is 2. The predicted octanol–water partition coefficient (Wildman–Crippen LogP) is -0.617. The molecule has 0 radical (unpaired) electrons. The third kappa shape index (κ3) is 2.79. The molecule has 1 rings (SSSR count). The quantitative estimate of drug-likeness (QED) is 0.748. The second-order valence-electron chi connectivity index (χ2n) is 4.16. The van der Waals surface area contributed by atoms with E-state index in [1.807, 2.05) is 6.92 Å². The fraction of sp³-hybridized carbons (Fsp3) is 0.545. The fourth-order valence-electron chi connectivity index (χ4n) is 1.52. The van der Waals surface area contributed by atoms with Gasteiger partial charge in [0.05, 0.1) is 17.9 Å². The number of rotatable bonds is 4. The lowest BCUT2D eigenvalue weighted by atomic mass is 10.2. The molecular weight excluding hydrogens is 234 g/mol. The number of likely N-dealkylation sites (N-methyl/N-ethyl adjacent to an activating group) is 1. The van der Waals surface area contributed by atoms with Crippen LogP contribution in [0.2, 0.25) is 0 Å². The molecule has 7 heteroatoms.